The molecule has 0 saturated heterocycles. The minimum Gasteiger partial charge on any atom is -0.207 e. The molecule has 2 aromatic rings. The molecule has 0 amide bonds. The molecule has 0 heterocycles. The second kappa shape index (κ2) is 4.09. The van der Waals surface area contributed by atoms with Gasteiger partial charge in [0.1, 0.15) is 5.82 Å². The van der Waals surface area contributed by atoms with Crippen molar-refractivity contribution >= 4 is 6.08 Å². The monoisotopic (exact) mass is 198 g/mol. The van der Waals surface area contributed by atoms with Crippen molar-refractivity contribution in [3.8, 4) is 11.1 Å². The fraction of sp³-hybridized carbons (Fsp3) is 0. The third-order valence-electron chi connectivity index (χ3n) is 2.28. The minimum atomic E-state index is -0.212. The highest BCUT2D eigenvalue weighted by Crippen LogP contribution is 2.21. The van der Waals surface area contributed by atoms with Crippen LogP contribution in [0.2, 0.25) is 0 Å². The van der Waals surface area contributed by atoms with Crippen LogP contribution in [0.5, 0.6) is 0 Å². The lowest BCUT2D eigenvalue weighted by Gasteiger charge is -2.02. The van der Waals surface area contributed by atoms with Crippen LogP contribution in [-0.2, 0) is 0 Å². The maximum atomic E-state index is 13.0. The summed E-state index contributed by atoms with van der Waals surface area (Å²) >= 11 is 0. The van der Waals surface area contributed by atoms with Crippen molar-refractivity contribution in [3.05, 3.63) is 66.5 Å². The van der Waals surface area contributed by atoms with Gasteiger partial charge in [0, 0.05) is 0 Å². The Balaban J connectivity index is 2.49. The maximum absolute atomic E-state index is 13.0. The molecular weight excluding hydrogens is 187 g/mol. The molecule has 0 aliphatic rings. The summed E-state index contributed by atoms with van der Waals surface area (Å²) in [4.78, 5) is 0. The van der Waals surface area contributed by atoms with Crippen molar-refractivity contribution in [2.24, 2.45) is 0 Å². The van der Waals surface area contributed by atoms with E-state index < -0.39 is 0 Å². The van der Waals surface area contributed by atoms with Crippen molar-refractivity contribution in [1.29, 1.82) is 0 Å². The molecule has 2 aromatic carbocycles. The maximum Gasteiger partial charge on any atom is 0.123 e. The Labute approximate surface area is 88.7 Å². The fourth-order valence-corrected chi connectivity index (χ4v) is 1.51. The van der Waals surface area contributed by atoms with Gasteiger partial charge in [-0.05, 0) is 34.9 Å². The molecule has 0 nitrogen and oxygen atoms in total. The highest BCUT2D eigenvalue weighted by molar-refractivity contribution is 5.67. The van der Waals surface area contributed by atoms with Gasteiger partial charge in [-0.15, -0.1) is 0 Å². The van der Waals surface area contributed by atoms with Crippen LogP contribution in [0.25, 0.3) is 17.2 Å². The summed E-state index contributed by atoms with van der Waals surface area (Å²) in [6, 6.07) is 14.4. The first-order chi connectivity index (χ1) is 7.29. The van der Waals surface area contributed by atoms with E-state index in [0.29, 0.717) is 0 Å². The summed E-state index contributed by atoms with van der Waals surface area (Å²) in [6.07, 6.45) is 1.78. The van der Waals surface area contributed by atoms with Crippen molar-refractivity contribution < 1.29 is 4.39 Å². The SMILES string of the molecule is C=Cc1cccc(-c2cccc(F)c2)c1. The molecule has 0 radical (unpaired) electrons. The molecule has 0 aromatic heterocycles. The second-order valence-corrected chi connectivity index (χ2v) is 3.34. The number of halogens is 1. The van der Waals surface area contributed by atoms with E-state index in [2.05, 4.69) is 6.58 Å². The summed E-state index contributed by atoms with van der Waals surface area (Å²) in [5.74, 6) is -0.212. The van der Waals surface area contributed by atoms with E-state index in [9.17, 15) is 4.39 Å². The highest BCUT2D eigenvalue weighted by atomic mass is 19.1. The summed E-state index contributed by atoms with van der Waals surface area (Å²) < 4.78 is 13.0. The first kappa shape index (κ1) is 9.66. The van der Waals surface area contributed by atoms with Gasteiger partial charge in [-0.3, -0.25) is 0 Å². The third kappa shape index (κ3) is 2.13. The Hall–Kier alpha value is -1.89. The van der Waals surface area contributed by atoms with Crippen LogP contribution < -0.4 is 0 Å². The number of hydrogen-bond donors (Lipinski definition) is 0. The van der Waals surface area contributed by atoms with Crippen LogP contribution in [0.4, 0.5) is 4.39 Å². The minimum absolute atomic E-state index is 0.212. The van der Waals surface area contributed by atoms with Crippen molar-refractivity contribution in [1.82, 2.24) is 0 Å². The number of rotatable bonds is 2. The van der Waals surface area contributed by atoms with Gasteiger partial charge in [-0.1, -0.05) is 43.0 Å². The molecule has 0 N–H and O–H groups in total. The molecule has 74 valence electrons. The quantitative estimate of drug-likeness (QED) is 0.680. The predicted octanol–water partition coefficient (Wildman–Crippen LogP) is 4.14. The molecule has 1 heteroatoms. The van der Waals surface area contributed by atoms with E-state index in [4.69, 9.17) is 0 Å². The van der Waals surface area contributed by atoms with Crippen LogP contribution >= 0.6 is 0 Å². The normalized spacial score (nSPS) is 9.93. The molecule has 15 heavy (non-hydrogen) atoms. The largest absolute Gasteiger partial charge is 0.207 e. The second-order valence-electron chi connectivity index (χ2n) is 3.34. The average molecular weight is 198 g/mol. The summed E-state index contributed by atoms with van der Waals surface area (Å²) in [5.41, 5.74) is 2.93. The Morgan fingerprint density at radius 1 is 0.933 bits per heavy atom. The zero-order valence-electron chi connectivity index (χ0n) is 8.28. The van der Waals surface area contributed by atoms with E-state index in [1.165, 1.54) is 12.1 Å². The highest BCUT2D eigenvalue weighted by Gasteiger charge is 1.98. The lowest BCUT2D eigenvalue weighted by molar-refractivity contribution is 0.628. The molecule has 0 bridgehead atoms. The van der Waals surface area contributed by atoms with E-state index in [-0.39, 0.29) is 5.82 Å². The Kier molecular flexibility index (Phi) is 2.64. The molecule has 0 atom stereocenters. The van der Waals surface area contributed by atoms with Gasteiger partial charge in [-0.25, -0.2) is 4.39 Å². The van der Waals surface area contributed by atoms with E-state index >= 15 is 0 Å². The molecule has 0 unspecified atom stereocenters. The lowest BCUT2D eigenvalue weighted by atomic mass is 10.0. The van der Waals surface area contributed by atoms with Crippen LogP contribution in [0, 0.1) is 5.82 Å². The van der Waals surface area contributed by atoms with Crippen LogP contribution in [-0.4, -0.2) is 0 Å². The Bertz CT molecular complexity index is 486. The topological polar surface area (TPSA) is 0 Å². The van der Waals surface area contributed by atoms with Crippen LogP contribution in [0.3, 0.4) is 0 Å². The van der Waals surface area contributed by atoms with E-state index in [1.807, 2.05) is 30.3 Å². The van der Waals surface area contributed by atoms with E-state index in [0.717, 1.165) is 16.7 Å². The molecule has 0 fully saturated rings. The van der Waals surface area contributed by atoms with Gasteiger partial charge >= 0.3 is 0 Å². The lowest BCUT2D eigenvalue weighted by Crippen LogP contribution is -1.80. The Morgan fingerprint density at radius 3 is 2.27 bits per heavy atom. The van der Waals surface area contributed by atoms with Crippen molar-refractivity contribution in [2.75, 3.05) is 0 Å². The van der Waals surface area contributed by atoms with Gasteiger partial charge in [-0.2, -0.15) is 0 Å². The van der Waals surface area contributed by atoms with Crippen molar-refractivity contribution in [2.45, 2.75) is 0 Å². The van der Waals surface area contributed by atoms with Gasteiger partial charge < -0.3 is 0 Å². The molecular formula is C14H11F. The van der Waals surface area contributed by atoms with Crippen LogP contribution in [0.15, 0.2) is 55.1 Å². The third-order valence-corrected chi connectivity index (χ3v) is 2.28. The Morgan fingerprint density at radius 2 is 1.60 bits per heavy atom. The molecule has 0 spiro atoms. The molecule has 2 rings (SSSR count). The smallest absolute Gasteiger partial charge is 0.123 e. The predicted molar refractivity (Wildman–Crippen MR) is 61.9 cm³/mol. The van der Waals surface area contributed by atoms with Gasteiger partial charge in [0.05, 0.1) is 0 Å². The average Bonchev–Trinajstić information content (AvgIpc) is 2.29. The summed E-state index contributed by atoms with van der Waals surface area (Å²) in [6.45, 7) is 3.71. The summed E-state index contributed by atoms with van der Waals surface area (Å²) in [7, 11) is 0. The number of hydrogen-bond acceptors (Lipinski definition) is 0. The number of benzene rings is 2. The molecule has 0 aliphatic carbocycles. The van der Waals surface area contributed by atoms with Gasteiger partial charge in [0.2, 0.25) is 0 Å². The van der Waals surface area contributed by atoms with Gasteiger partial charge in [0.15, 0.2) is 0 Å². The van der Waals surface area contributed by atoms with Crippen LogP contribution in [0.1, 0.15) is 5.56 Å². The zero-order valence-corrected chi connectivity index (χ0v) is 8.28. The van der Waals surface area contributed by atoms with Crippen molar-refractivity contribution in [3.63, 3.8) is 0 Å². The fourth-order valence-electron chi connectivity index (χ4n) is 1.51. The summed E-state index contributed by atoms with van der Waals surface area (Å²) in [5, 5.41) is 0. The molecule has 0 saturated carbocycles. The molecule has 0 aliphatic heterocycles. The van der Waals surface area contributed by atoms with Gasteiger partial charge in [0.25, 0.3) is 0 Å². The van der Waals surface area contributed by atoms with E-state index in [1.54, 1.807) is 12.1 Å². The first-order valence-corrected chi connectivity index (χ1v) is 4.78. The zero-order chi connectivity index (χ0) is 10.7. The standard InChI is InChI=1S/C14H11F/c1-2-11-5-3-6-12(9-11)13-7-4-8-14(15)10-13/h2-10H,1H2. The first-order valence-electron chi connectivity index (χ1n) is 4.78.